The molecule has 3 heterocycles. The lowest BCUT2D eigenvalue weighted by atomic mass is 9.96. The molecule has 2 aliphatic rings. The van der Waals surface area contributed by atoms with Gasteiger partial charge in [-0.25, -0.2) is 4.98 Å². The second kappa shape index (κ2) is 10.00. The predicted octanol–water partition coefficient (Wildman–Crippen LogP) is 4.65. The summed E-state index contributed by atoms with van der Waals surface area (Å²) in [6.45, 7) is 8.59. The van der Waals surface area contributed by atoms with Crippen molar-refractivity contribution in [2.24, 2.45) is 5.41 Å². The Hall–Kier alpha value is -4.92. The number of pyridine rings is 2. The number of fused-ring (bicyclic) bond motifs is 1. The van der Waals surface area contributed by atoms with Crippen LogP contribution in [0.1, 0.15) is 62.0 Å². The fourth-order valence-corrected chi connectivity index (χ4v) is 4.67. The molecule has 1 aliphatic carbocycles. The Morgan fingerprint density at radius 3 is 2.52 bits per heavy atom. The van der Waals surface area contributed by atoms with Gasteiger partial charge in [0.05, 0.1) is 40.1 Å². The van der Waals surface area contributed by atoms with Crippen molar-refractivity contribution in [1.29, 1.82) is 15.8 Å². The van der Waals surface area contributed by atoms with E-state index in [1.807, 2.05) is 12.3 Å². The number of nitrogens with one attached hydrogen (secondary N) is 4. The smallest absolute Gasteiger partial charge is 0.213 e. The van der Waals surface area contributed by atoms with E-state index in [9.17, 15) is 20.2 Å². The highest BCUT2D eigenvalue weighted by atomic mass is 19.1. The Morgan fingerprint density at radius 1 is 1.15 bits per heavy atom. The van der Waals surface area contributed by atoms with Crippen LogP contribution in [0.25, 0.3) is 10.9 Å². The van der Waals surface area contributed by atoms with Crippen molar-refractivity contribution in [3.05, 3.63) is 70.7 Å². The first kappa shape index (κ1) is 26.7. The normalized spacial score (nSPS) is 16.2. The van der Waals surface area contributed by atoms with Crippen molar-refractivity contribution in [3.8, 4) is 18.2 Å². The molecule has 0 saturated heterocycles. The van der Waals surface area contributed by atoms with E-state index >= 15 is 0 Å². The molecule has 1 saturated carbocycles. The number of nitriles is 3. The average molecular weight is 537 g/mol. The van der Waals surface area contributed by atoms with Gasteiger partial charge >= 0.3 is 0 Å². The number of hydrogen-bond donors (Lipinski definition) is 4. The van der Waals surface area contributed by atoms with Gasteiger partial charge in [0.15, 0.2) is 0 Å². The molecule has 11 heteroatoms. The van der Waals surface area contributed by atoms with E-state index in [4.69, 9.17) is 0 Å². The molecular formula is C29H29FN10. The van der Waals surface area contributed by atoms with Gasteiger partial charge in [0.25, 0.3) is 0 Å². The van der Waals surface area contributed by atoms with Crippen molar-refractivity contribution in [2.45, 2.75) is 52.1 Å². The van der Waals surface area contributed by atoms with Crippen molar-refractivity contribution in [1.82, 2.24) is 25.9 Å². The van der Waals surface area contributed by atoms with Crippen LogP contribution >= 0.6 is 0 Å². The zero-order valence-corrected chi connectivity index (χ0v) is 22.7. The number of rotatable bonds is 7. The van der Waals surface area contributed by atoms with E-state index < -0.39 is 17.5 Å². The van der Waals surface area contributed by atoms with Crippen molar-refractivity contribution in [3.63, 3.8) is 0 Å². The van der Waals surface area contributed by atoms with Crippen LogP contribution in [-0.4, -0.2) is 27.1 Å². The average Bonchev–Trinajstić information content (AvgIpc) is 3.57. The minimum Gasteiger partial charge on any atom is -0.383 e. The van der Waals surface area contributed by atoms with E-state index in [0.717, 1.165) is 12.8 Å². The third kappa shape index (κ3) is 5.05. The van der Waals surface area contributed by atoms with E-state index in [-0.39, 0.29) is 5.41 Å². The van der Waals surface area contributed by atoms with Crippen LogP contribution in [0.5, 0.6) is 0 Å². The molecule has 0 radical (unpaired) electrons. The molecule has 0 unspecified atom stereocenters. The second-order valence-electron chi connectivity index (χ2n) is 11.3. The number of anilines is 2. The Kier molecular flexibility index (Phi) is 6.67. The monoisotopic (exact) mass is 536 g/mol. The topological polar surface area (TPSA) is 149 Å². The van der Waals surface area contributed by atoms with Gasteiger partial charge in [0.1, 0.15) is 17.7 Å². The summed E-state index contributed by atoms with van der Waals surface area (Å²) in [6, 6.07) is 12.8. The molecule has 0 bridgehead atoms. The van der Waals surface area contributed by atoms with Gasteiger partial charge in [-0.2, -0.15) is 20.2 Å². The molecule has 1 atom stereocenters. The standard InChI is InChI=1S/C29H29FN10/c1-17-21(5-6-24(30)36-17)27(23-14-40(39-38-23)29(15-33)7-8-29)37-20-9-18(11-31)25-22(10-20)26(19(12-32)13-34-25)35-16-28(2,3)4/h5-6,9-10,13-14,27,37-39H,7-8,16H2,1-4H3,(H,34,35)/t27-/m0/s1. The predicted molar refractivity (Wildman–Crippen MR) is 148 cm³/mol. The van der Waals surface area contributed by atoms with Crippen LogP contribution in [0.4, 0.5) is 15.8 Å². The number of benzene rings is 1. The van der Waals surface area contributed by atoms with Crippen LogP contribution in [0, 0.1) is 52.3 Å². The van der Waals surface area contributed by atoms with Crippen LogP contribution in [-0.2, 0) is 0 Å². The molecule has 1 aliphatic heterocycles. The minimum atomic E-state index is -0.612. The molecular weight excluding hydrogens is 507 g/mol. The summed E-state index contributed by atoms with van der Waals surface area (Å²) >= 11 is 0. The van der Waals surface area contributed by atoms with Crippen LogP contribution in [0.15, 0.2) is 42.4 Å². The first-order chi connectivity index (χ1) is 19.1. The van der Waals surface area contributed by atoms with Gasteiger partial charge in [-0.05, 0) is 43.4 Å². The number of aryl methyl sites for hydroxylation is 1. The number of nitrogens with zero attached hydrogens (tertiary/aromatic N) is 6. The summed E-state index contributed by atoms with van der Waals surface area (Å²) < 4.78 is 13.9. The van der Waals surface area contributed by atoms with E-state index in [1.54, 1.807) is 24.1 Å². The van der Waals surface area contributed by atoms with E-state index in [0.29, 0.717) is 56.9 Å². The summed E-state index contributed by atoms with van der Waals surface area (Å²) in [5.74, 6) is -0.586. The highest BCUT2D eigenvalue weighted by Crippen LogP contribution is 2.42. The highest BCUT2D eigenvalue weighted by molar-refractivity contribution is 5.99. The third-order valence-electron chi connectivity index (χ3n) is 7.02. The highest BCUT2D eigenvalue weighted by Gasteiger charge is 2.50. The largest absolute Gasteiger partial charge is 0.383 e. The zero-order valence-electron chi connectivity index (χ0n) is 22.7. The maximum atomic E-state index is 13.9. The maximum absolute atomic E-state index is 13.9. The van der Waals surface area contributed by atoms with Gasteiger partial charge in [0.2, 0.25) is 5.95 Å². The van der Waals surface area contributed by atoms with Crippen molar-refractivity contribution in [2.75, 3.05) is 17.2 Å². The maximum Gasteiger partial charge on any atom is 0.213 e. The molecule has 0 spiro atoms. The Morgan fingerprint density at radius 2 is 1.90 bits per heavy atom. The number of hydrogen-bond acceptors (Lipinski definition) is 10. The summed E-state index contributed by atoms with van der Waals surface area (Å²) in [6.07, 6.45) is 4.79. The molecule has 10 nitrogen and oxygen atoms in total. The Balaban J connectivity index is 1.61. The lowest BCUT2D eigenvalue weighted by Gasteiger charge is -2.24. The molecule has 2 aromatic heterocycles. The van der Waals surface area contributed by atoms with Gasteiger partial charge in [0, 0.05) is 41.3 Å². The summed E-state index contributed by atoms with van der Waals surface area (Å²) in [4.78, 5) is 8.44. The van der Waals surface area contributed by atoms with E-state index in [1.165, 1.54) is 12.3 Å². The third-order valence-corrected chi connectivity index (χ3v) is 7.02. The Bertz CT molecular complexity index is 1650. The first-order valence-electron chi connectivity index (χ1n) is 12.9. The lowest BCUT2D eigenvalue weighted by Crippen LogP contribution is -2.44. The summed E-state index contributed by atoms with van der Waals surface area (Å²) in [5.41, 5.74) is 9.81. The molecule has 202 valence electrons. The van der Waals surface area contributed by atoms with Crippen LogP contribution in [0.3, 0.4) is 0 Å². The number of aromatic nitrogens is 2. The fourth-order valence-electron chi connectivity index (χ4n) is 4.67. The quantitative estimate of drug-likeness (QED) is 0.314. The second-order valence-corrected chi connectivity index (χ2v) is 11.3. The lowest BCUT2D eigenvalue weighted by molar-refractivity contribution is 0.217. The molecule has 3 aromatic rings. The number of halogens is 1. The fraction of sp³-hybridized carbons (Fsp3) is 0.345. The van der Waals surface area contributed by atoms with Crippen molar-refractivity contribution >= 4 is 22.3 Å². The SMILES string of the molecule is Cc1nc(F)ccc1[C@H](Nc1cc(C#N)c2ncc(C#N)c(NCC(C)(C)C)c2c1)C1=CN(C2(C#N)CC2)NN1. The molecule has 1 fully saturated rings. The molecule has 40 heavy (non-hydrogen) atoms. The Labute approximate surface area is 232 Å². The van der Waals surface area contributed by atoms with Gasteiger partial charge in [-0.15, -0.1) is 5.53 Å². The zero-order chi connectivity index (χ0) is 28.7. The molecule has 0 amide bonds. The van der Waals surface area contributed by atoms with Crippen LogP contribution < -0.4 is 21.6 Å². The molecule has 1 aromatic carbocycles. The van der Waals surface area contributed by atoms with Crippen LogP contribution in [0.2, 0.25) is 0 Å². The first-order valence-corrected chi connectivity index (χ1v) is 12.9. The molecule has 5 rings (SSSR count). The summed E-state index contributed by atoms with van der Waals surface area (Å²) in [5, 5.41) is 38.7. The molecule has 4 N–H and O–H groups in total. The van der Waals surface area contributed by atoms with Crippen molar-refractivity contribution < 1.29 is 4.39 Å². The van der Waals surface area contributed by atoms with Gasteiger partial charge in [-0.1, -0.05) is 26.8 Å². The van der Waals surface area contributed by atoms with E-state index in [2.05, 4.69) is 70.5 Å². The number of hydrazine groups is 2. The minimum absolute atomic E-state index is 0.0592. The van der Waals surface area contributed by atoms with Gasteiger partial charge < -0.3 is 16.1 Å². The summed E-state index contributed by atoms with van der Waals surface area (Å²) in [7, 11) is 0. The van der Waals surface area contributed by atoms with Gasteiger partial charge in [-0.3, -0.25) is 9.99 Å².